The summed E-state index contributed by atoms with van der Waals surface area (Å²) in [4.78, 5) is 11.4. The van der Waals surface area contributed by atoms with E-state index in [1.54, 1.807) is 0 Å². The molecule has 1 N–H and O–H groups in total. The van der Waals surface area contributed by atoms with E-state index in [2.05, 4.69) is 5.32 Å². The summed E-state index contributed by atoms with van der Waals surface area (Å²) >= 11 is 0. The predicted molar refractivity (Wildman–Crippen MR) is 81.4 cm³/mol. The van der Waals surface area contributed by atoms with Gasteiger partial charge in [0.25, 0.3) is 0 Å². The summed E-state index contributed by atoms with van der Waals surface area (Å²) in [5, 5.41) is 2.68. The van der Waals surface area contributed by atoms with Crippen molar-refractivity contribution in [3.63, 3.8) is 0 Å². The van der Waals surface area contributed by atoms with Crippen LogP contribution in [-0.2, 0) is 11.3 Å². The van der Waals surface area contributed by atoms with Crippen LogP contribution in [0.25, 0.3) is 0 Å². The molecule has 21 heavy (non-hydrogen) atoms. The minimum atomic E-state index is -0.417. The fourth-order valence-corrected chi connectivity index (χ4v) is 1.75. The van der Waals surface area contributed by atoms with Gasteiger partial charge in [-0.15, -0.1) is 0 Å². The monoisotopic (exact) mass is 285 g/mol. The second-order valence-corrected chi connectivity index (χ2v) is 4.94. The SMILES string of the molecule is CC(C)NC(=O)OCc1cccc(Oc2ccccc2)c1. The summed E-state index contributed by atoms with van der Waals surface area (Å²) in [5.41, 5.74) is 0.877. The molecule has 0 aromatic heterocycles. The van der Waals surface area contributed by atoms with E-state index in [1.807, 2.05) is 68.4 Å². The van der Waals surface area contributed by atoms with Crippen molar-refractivity contribution in [1.82, 2.24) is 5.32 Å². The van der Waals surface area contributed by atoms with Gasteiger partial charge in [0.1, 0.15) is 18.1 Å². The van der Waals surface area contributed by atoms with Crippen molar-refractivity contribution < 1.29 is 14.3 Å². The molecule has 0 saturated heterocycles. The van der Waals surface area contributed by atoms with Crippen LogP contribution in [-0.4, -0.2) is 12.1 Å². The topological polar surface area (TPSA) is 47.6 Å². The van der Waals surface area contributed by atoms with Crippen LogP contribution in [0, 0.1) is 0 Å². The highest BCUT2D eigenvalue weighted by atomic mass is 16.5. The Morgan fingerprint density at radius 1 is 1.05 bits per heavy atom. The Labute approximate surface area is 124 Å². The van der Waals surface area contributed by atoms with Gasteiger partial charge in [-0.1, -0.05) is 30.3 Å². The molecule has 0 bridgehead atoms. The number of nitrogens with one attached hydrogen (secondary N) is 1. The number of hydrogen-bond acceptors (Lipinski definition) is 3. The Bertz CT molecular complexity index is 582. The molecule has 110 valence electrons. The van der Waals surface area contributed by atoms with E-state index in [-0.39, 0.29) is 12.6 Å². The first-order valence-electron chi connectivity index (χ1n) is 6.88. The molecule has 0 aliphatic heterocycles. The summed E-state index contributed by atoms with van der Waals surface area (Å²) in [5.74, 6) is 1.49. The molecule has 0 atom stereocenters. The molecule has 4 nitrogen and oxygen atoms in total. The summed E-state index contributed by atoms with van der Waals surface area (Å²) in [6.45, 7) is 3.98. The van der Waals surface area contributed by atoms with Crippen molar-refractivity contribution >= 4 is 6.09 Å². The number of hydrogen-bond donors (Lipinski definition) is 1. The highest BCUT2D eigenvalue weighted by Crippen LogP contribution is 2.22. The molecule has 2 rings (SSSR count). The number of para-hydroxylation sites is 1. The Morgan fingerprint density at radius 2 is 1.76 bits per heavy atom. The number of alkyl carbamates (subject to hydrolysis) is 1. The van der Waals surface area contributed by atoms with Gasteiger partial charge < -0.3 is 14.8 Å². The Morgan fingerprint density at radius 3 is 2.48 bits per heavy atom. The smallest absolute Gasteiger partial charge is 0.407 e. The van der Waals surface area contributed by atoms with Gasteiger partial charge in [-0.05, 0) is 43.7 Å². The van der Waals surface area contributed by atoms with Crippen LogP contribution >= 0.6 is 0 Å². The fourth-order valence-electron chi connectivity index (χ4n) is 1.75. The van der Waals surface area contributed by atoms with Gasteiger partial charge in [-0.25, -0.2) is 4.79 Å². The number of rotatable bonds is 5. The first-order valence-corrected chi connectivity index (χ1v) is 6.88. The molecule has 2 aromatic rings. The van der Waals surface area contributed by atoms with Crippen molar-refractivity contribution in [2.75, 3.05) is 0 Å². The minimum Gasteiger partial charge on any atom is -0.457 e. The van der Waals surface area contributed by atoms with Crippen LogP contribution in [0.1, 0.15) is 19.4 Å². The first-order chi connectivity index (χ1) is 10.1. The molecule has 4 heteroatoms. The summed E-state index contributed by atoms with van der Waals surface area (Å²) in [7, 11) is 0. The van der Waals surface area contributed by atoms with Crippen molar-refractivity contribution in [2.24, 2.45) is 0 Å². The molecule has 0 saturated carbocycles. The van der Waals surface area contributed by atoms with Gasteiger partial charge in [0.05, 0.1) is 0 Å². The lowest BCUT2D eigenvalue weighted by molar-refractivity contribution is 0.137. The minimum absolute atomic E-state index is 0.0604. The van der Waals surface area contributed by atoms with Crippen molar-refractivity contribution in [3.8, 4) is 11.5 Å². The zero-order valence-electron chi connectivity index (χ0n) is 12.2. The number of amides is 1. The Balaban J connectivity index is 1.93. The summed E-state index contributed by atoms with van der Waals surface area (Å²) in [6, 6.07) is 17.1. The molecule has 0 spiro atoms. The molecule has 0 fully saturated rings. The molecular formula is C17H19NO3. The number of carbonyl (C=O) groups is 1. The predicted octanol–water partition coefficient (Wildman–Crippen LogP) is 4.11. The van der Waals surface area contributed by atoms with E-state index in [0.717, 1.165) is 11.3 Å². The van der Waals surface area contributed by atoms with E-state index in [0.29, 0.717) is 5.75 Å². The highest BCUT2D eigenvalue weighted by molar-refractivity contribution is 5.67. The third-order valence-electron chi connectivity index (χ3n) is 2.65. The average molecular weight is 285 g/mol. The lowest BCUT2D eigenvalue weighted by Gasteiger charge is -2.10. The van der Waals surface area contributed by atoms with Crippen LogP contribution in [0.5, 0.6) is 11.5 Å². The summed E-state index contributed by atoms with van der Waals surface area (Å²) < 4.78 is 10.9. The van der Waals surface area contributed by atoms with Gasteiger partial charge in [0.15, 0.2) is 0 Å². The quantitative estimate of drug-likeness (QED) is 0.899. The standard InChI is InChI=1S/C17H19NO3/c1-13(2)18-17(19)20-12-14-7-6-10-16(11-14)21-15-8-4-3-5-9-15/h3-11,13H,12H2,1-2H3,(H,18,19). The molecule has 0 radical (unpaired) electrons. The lowest BCUT2D eigenvalue weighted by Crippen LogP contribution is -2.30. The zero-order chi connectivity index (χ0) is 15.1. The average Bonchev–Trinajstić information content (AvgIpc) is 2.46. The molecule has 2 aromatic carbocycles. The molecule has 0 aliphatic carbocycles. The van der Waals surface area contributed by atoms with E-state index in [1.165, 1.54) is 0 Å². The fraction of sp³-hybridized carbons (Fsp3) is 0.235. The second-order valence-electron chi connectivity index (χ2n) is 4.94. The Hall–Kier alpha value is -2.49. The van der Waals surface area contributed by atoms with E-state index < -0.39 is 6.09 Å². The number of benzene rings is 2. The van der Waals surface area contributed by atoms with Crippen LogP contribution < -0.4 is 10.1 Å². The molecular weight excluding hydrogens is 266 g/mol. The second kappa shape index (κ2) is 7.33. The van der Waals surface area contributed by atoms with Crippen molar-refractivity contribution in [3.05, 3.63) is 60.2 Å². The van der Waals surface area contributed by atoms with Gasteiger partial charge in [-0.3, -0.25) is 0 Å². The largest absolute Gasteiger partial charge is 0.457 e. The third kappa shape index (κ3) is 5.18. The van der Waals surface area contributed by atoms with Gasteiger partial charge in [-0.2, -0.15) is 0 Å². The van der Waals surface area contributed by atoms with E-state index >= 15 is 0 Å². The van der Waals surface area contributed by atoms with E-state index in [9.17, 15) is 4.79 Å². The molecule has 0 heterocycles. The third-order valence-corrected chi connectivity index (χ3v) is 2.65. The normalized spacial score (nSPS) is 10.2. The maximum Gasteiger partial charge on any atom is 0.407 e. The van der Waals surface area contributed by atoms with Crippen molar-refractivity contribution in [2.45, 2.75) is 26.5 Å². The van der Waals surface area contributed by atoms with Gasteiger partial charge in [0, 0.05) is 6.04 Å². The van der Waals surface area contributed by atoms with Crippen LogP contribution in [0.2, 0.25) is 0 Å². The number of carbonyl (C=O) groups excluding carboxylic acids is 1. The lowest BCUT2D eigenvalue weighted by atomic mass is 10.2. The maximum absolute atomic E-state index is 11.4. The van der Waals surface area contributed by atoms with Crippen LogP contribution in [0.4, 0.5) is 4.79 Å². The molecule has 0 aliphatic rings. The highest BCUT2D eigenvalue weighted by Gasteiger charge is 2.05. The van der Waals surface area contributed by atoms with Gasteiger partial charge in [0.2, 0.25) is 0 Å². The van der Waals surface area contributed by atoms with Crippen LogP contribution in [0.3, 0.4) is 0 Å². The van der Waals surface area contributed by atoms with E-state index in [4.69, 9.17) is 9.47 Å². The Kier molecular flexibility index (Phi) is 5.21. The number of ether oxygens (including phenoxy) is 2. The van der Waals surface area contributed by atoms with Crippen LogP contribution in [0.15, 0.2) is 54.6 Å². The zero-order valence-corrected chi connectivity index (χ0v) is 12.2. The molecule has 1 amide bonds. The molecule has 0 unspecified atom stereocenters. The van der Waals surface area contributed by atoms with Gasteiger partial charge >= 0.3 is 6.09 Å². The maximum atomic E-state index is 11.4. The summed E-state index contributed by atoms with van der Waals surface area (Å²) in [6.07, 6.45) is -0.417. The van der Waals surface area contributed by atoms with Crippen molar-refractivity contribution in [1.29, 1.82) is 0 Å². The first kappa shape index (κ1) is 14.9.